The van der Waals surface area contributed by atoms with Crippen LogP contribution in [0, 0.1) is 0 Å². The van der Waals surface area contributed by atoms with E-state index in [4.69, 9.17) is 16.3 Å². The third-order valence-electron chi connectivity index (χ3n) is 4.21. The van der Waals surface area contributed by atoms with Gasteiger partial charge in [-0.2, -0.15) is 0 Å². The molecule has 0 aliphatic carbocycles. The minimum Gasteiger partial charge on any atom is -0.495 e. The zero-order valence-corrected chi connectivity index (χ0v) is 16.8. The lowest BCUT2D eigenvalue weighted by atomic mass is 10.0. The molecule has 0 radical (unpaired) electrons. The highest BCUT2D eigenvalue weighted by Gasteiger charge is 2.25. The van der Waals surface area contributed by atoms with E-state index in [1.807, 2.05) is 53.7 Å². The summed E-state index contributed by atoms with van der Waals surface area (Å²) in [5.41, 5.74) is 1.57. The lowest BCUT2D eigenvalue weighted by molar-refractivity contribution is -0.121. The average molecular weight is 401 g/mol. The number of hydrogen-bond acceptors (Lipinski definition) is 4. The number of ether oxygens (including phenoxy) is 1. The van der Waals surface area contributed by atoms with Crippen LogP contribution in [0.2, 0.25) is 5.02 Å². The maximum Gasteiger partial charge on any atom is 0.246 e. The fourth-order valence-electron chi connectivity index (χ4n) is 2.94. The van der Waals surface area contributed by atoms with Gasteiger partial charge < -0.3 is 10.1 Å². The quantitative estimate of drug-likeness (QED) is 0.591. The Labute approximate surface area is 168 Å². The first-order chi connectivity index (χ1) is 13.1. The van der Waals surface area contributed by atoms with Crippen LogP contribution in [-0.4, -0.2) is 25.0 Å². The predicted molar refractivity (Wildman–Crippen MR) is 112 cm³/mol. The maximum absolute atomic E-state index is 13.1. The van der Waals surface area contributed by atoms with E-state index < -0.39 is 6.04 Å². The van der Waals surface area contributed by atoms with Gasteiger partial charge in [-0.25, -0.2) is 0 Å². The van der Waals surface area contributed by atoms with Gasteiger partial charge in [0.1, 0.15) is 11.8 Å². The molecule has 1 N–H and O–H groups in total. The van der Waals surface area contributed by atoms with Crippen molar-refractivity contribution in [2.45, 2.75) is 12.6 Å². The van der Waals surface area contributed by atoms with E-state index >= 15 is 0 Å². The molecule has 0 bridgehead atoms. The van der Waals surface area contributed by atoms with Gasteiger partial charge in [-0.1, -0.05) is 48.0 Å². The van der Waals surface area contributed by atoms with Crippen LogP contribution in [0.1, 0.15) is 16.5 Å². The van der Waals surface area contributed by atoms with E-state index in [0.29, 0.717) is 23.0 Å². The van der Waals surface area contributed by atoms with E-state index in [1.165, 1.54) is 4.88 Å². The van der Waals surface area contributed by atoms with Gasteiger partial charge in [0.05, 0.1) is 12.1 Å². The number of anilines is 1. The third-order valence-corrected chi connectivity index (χ3v) is 5.37. The van der Waals surface area contributed by atoms with E-state index in [-0.39, 0.29) is 5.91 Å². The van der Waals surface area contributed by atoms with Crippen molar-refractivity contribution in [1.82, 2.24) is 4.90 Å². The predicted octanol–water partition coefficient (Wildman–Crippen LogP) is 5.22. The summed E-state index contributed by atoms with van der Waals surface area (Å²) in [6.07, 6.45) is 0. The maximum atomic E-state index is 13.1. The Morgan fingerprint density at radius 1 is 1.19 bits per heavy atom. The number of likely N-dealkylation sites (N-methyl/N-ethyl adjacent to an activating group) is 1. The summed E-state index contributed by atoms with van der Waals surface area (Å²) >= 11 is 7.86. The summed E-state index contributed by atoms with van der Waals surface area (Å²) in [6.45, 7) is 0.689. The molecule has 0 fully saturated rings. The van der Waals surface area contributed by atoms with E-state index in [1.54, 1.807) is 36.6 Å². The molecule has 27 heavy (non-hydrogen) atoms. The molecule has 4 nitrogen and oxygen atoms in total. The second-order valence-corrected chi connectivity index (χ2v) is 7.59. The van der Waals surface area contributed by atoms with Crippen molar-refractivity contribution in [2.24, 2.45) is 0 Å². The highest BCUT2D eigenvalue weighted by Crippen LogP contribution is 2.29. The van der Waals surface area contributed by atoms with Crippen LogP contribution in [0.3, 0.4) is 0 Å². The Hall–Kier alpha value is -2.34. The molecule has 1 heterocycles. The first kappa shape index (κ1) is 19.4. The molecule has 0 saturated carbocycles. The second-order valence-electron chi connectivity index (χ2n) is 6.15. The molecule has 6 heteroatoms. The molecule has 3 rings (SSSR count). The fourth-order valence-corrected chi connectivity index (χ4v) is 3.96. The number of carbonyl (C=O) groups excluding carboxylic acids is 1. The molecule has 0 aliphatic rings. The molecule has 0 spiro atoms. The minimum atomic E-state index is -0.422. The van der Waals surface area contributed by atoms with E-state index in [0.717, 1.165) is 5.56 Å². The van der Waals surface area contributed by atoms with Gasteiger partial charge in [-0.3, -0.25) is 9.69 Å². The van der Waals surface area contributed by atoms with Gasteiger partial charge in [0.2, 0.25) is 5.91 Å². The molecule has 3 aromatic rings. The fraction of sp³-hybridized carbons (Fsp3) is 0.190. The summed E-state index contributed by atoms with van der Waals surface area (Å²) in [4.78, 5) is 16.4. The number of benzene rings is 2. The summed E-state index contributed by atoms with van der Waals surface area (Å²) in [5, 5.41) is 5.47. The van der Waals surface area contributed by atoms with Crippen molar-refractivity contribution < 1.29 is 9.53 Å². The Bertz CT molecular complexity index is 884. The zero-order chi connectivity index (χ0) is 19.2. The first-order valence-corrected chi connectivity index (χ1v) is 9.76. The number of hydrogen-bond donors (Lipinski definition) is 1. The number of halogens is 1. The van der Waals surface area contributed by atoms with Crippen LogP contribution < -0.4 is 10.1 Å². The summed E-state index contributed by atoms with van der Waals surface area (Å²) in [5.74, 6) is 0.463. The molecule has 2 aromatic carbocycles. The minimum absolute atomic E-state index is 0.110. The molecule has 1 aromatic heterocycles. The van der Waals surface area contributed by atoms with Crippen molar-refractivity contribution in [3.05, 3.63) is 81.5 Å². The number of methoxy groups -OCH3 is 1. The Kier molecular flexibility index (Phi) is 6.50. The van der Waals surface area contributed by atoms with Crippen LogP contribution in [-0.2, 0) is 11.3 Å². The molecule has 0 unspecified atom stereocenters. The zero-order valence-electron chi connectivity index (χ0n) is 15.2. The van der Waals surface area contributed by atoms with Gasteiger partial charge in [0, 0.05) is 17.1 Å². The summed E-state index contributed by atoms with van der Waals surface area (Å²) < 4.78 is 5.17. The smallest absolute Gasteiger partial charge is 0.246 e. The van der Waals surface area contributed by atoms with Crippen molar-refractivity contribution in [2.75, 3.05) is 19.5 Å². The number of carbonyl (C=O) groups is 1. The summed E-state index contributed by atoms with van der Waals surface area (Å²) in [7, 11) is 3.52. The standard InChI is InChI=1S/C21H21ClN2O2S/c1-24(14-17-9-6-12-27-17)20(15-7-4-3-5-8-15)21(25)23-16-10-11-19(26-2)18(22)13-16/h3-13,20H,14H2,1-2H3,(H,23,25)/t20-/m1/s1. The monoisotopic (exact) mass is 400 g/mol. The molecular formula is C21H21ClN2O2S. The summed E-state index contributed by atoms with van der Waals surface area (Å²) in [6, 6.07) is 18.7. The molecule has 0 saturated heterocycles. The normalized spacial score (nSPS) is 12.0. The van der Waals surface area contributed by atoms with Crippen molar-refractivity contribution >= 4 is 34.5 Å². The Morgan fingerprint density at radius 2 is 1.96 bits per heavy atom. The SMILES string of the molecule is COc1ccc(NC(=O)[C@@H](c2ccccc2)N(C)Cc2cccs2)cc1Cl. The number of nitrogens with zero attached hydrogens (tertiary/aromatic N) is 1. The van der Waals surface area contributed by atoms with Crippen LogP contribution >= 0.6 is 22.9 Å². The van der Waals surface area contributed by atoms with Gasteiger partial charge in [0.15, 0.2) is 0 Å². The van der Waals surface area contributed by atoms with Crippen LogP contribution in [0.5, 0.6) is 5.75 Å². The lowest BCUT2D eigenvalue weighted by Crippen LogP contribution is -2.34. The van der Waals surface area contributed by atoms with Gasteiger partial charge in [0.25, 0.3) is 0 Å². The number of thiophene rings is 1. The van der Waals surface area contributed by atoms with Crippen LogP contribution in [0.4, 0.5) is 5.69 Å². The number of amides is 1. The Morgan fingerprint density at radius 3 is 2.59 bits per heavy atom. The topological polar surface area (TPSA) is 41.6 Å². The Balaban J connectivity index is 1.83. The van der Waals surface area contributed by atoms with Crippen molar-refractivity contribution in [3.63, 3.8) is 0 Å². The lowest BCUT2D eigenvalue weighted by Gasteiger charge is -2.27. The molecule has 1 amide bonds. The number of rotatable bonds is 7. The molecular weight excluding hydrogens is 380 g/mol. The van der Waals surface area contributed by atoms with Crippen molar-refractivity contribution in [1.29, 1.82) is 0 Å². The van der Waals surface area contributed by atoms with Crippen LogP contribution in [0.15, 0.2) is 66.0 Å². The van der Waals surface area contributed by atoms with Gasteiger partial charge >= 0.3 is 0 Å². The highest BCUT2D eigenvalue weighted by molar-refractivity contribution is 7.09. The van der Waals surface area contributed by atoms with Gasteiger partial charge in [-0.05, 0) is 42.3 Å². The second kappa shape index (κ2) is 9.04. The van der Waals surface area contributed by atoms with Gasteiger partial charge in [-0.15, -0.1) is 11.3 Å². The van der Waals surface area contributed by atoms with E-state index in [9.17, 15) is 4.79 Å². The van der Waals surface area contributed by atoms with E-state index in [2.05, 4.69) is 11.4 Å². The average Bonchev–Trinajstić information content (AvgIpc) is 3.16. The first-order valence-electron chi connectivity index (χ1n) is 8.50. The molecule has 140 valence electrons. The van der Waals surface area contributed by atoms with Crippen LogP contribution in [0.25, 0.3) is 0 Å². The molecule has 1 atom stereocenters. The number of nitrogens with one attached hydrogen (secondary N) is 1. The third kappa shape index (κ3) is 4.89. The highest BCUT2D eigenvalue weighted by atomic mass is 35.5. The van der Waals surface area contributed by atoms with Crippen molar-refractivity contribution in [3.8, 4) is 5.75 Å². The molecule has 0 aliphatic heterocycles. The largest absolute Gasteiger partial charge is 0.495 e.